The minimum absolute atomic E-state index is 0.107. The summed E-state index contributed by atoms with van der Waals surface area (Å²) < 4.78 is 6.14. The number of hydrogen-bond donors (Lipinski definition) is 2. The van der Waals surface area contributed by atoms with Crippen molar-refractivity contribution in [3.8, 4) is 11.5 Å². The number of hydrogen-bond acceptors (Lipinski definition) is 5. The number of piperazine rings is 1. The molecule has 2 aromatic heterocycles. The van der Waals surface area contributed by atoms with Gasteiger partial charge in [0.15, 0.2) is 0 Å². The van der Waals surface area contributed by atoms with Crippen molar-refractivity contribution < 1.29 is 9.53 Å². The summed E-state index contributed by atoms with van der Waals surface area (Å²) in [6.45, 7) is 5.36. The van der Waals surface area contributed by atoms with Crippen LogP contribution in [-0.4, -0.2) is 58.9 Å². The molecule has 3 aromatic rings. The van der Waals surface area contributed by atoms with Gasteiger partial charge < -0.3 is 25.3 Å². The van der Waals surface area contributed by atoms with Gasteiger partial charge in [-0.2, -0.15) is 0 Å². The Morgan fingerprint density at radius 3 is 2.86 bits per heavy atom. The maximum absolute atomic E-state index is 12.6. The summed E-state index contributed by atoms with van der Waals surface area (Å²) in [7, 11) is 2.07. The number of carbonyl (C=O) groups excluding carboxylic acids is 1. The zero-order valence-corrected chi connectivity index (χ0v) is 16.9. The predicted octanol–water partition coefficient (Wildman–Crippen LogP) is 2.83. The second-order valence-corrected chi connectivity index (χ2v) is 7.67. The minimum atomic E-state index is -0.364. The molecule has 0 aliphatic carbocycles. The number of aromatic nitrogens is 2. The van der Waals surface area contributed by atoms with Gasteiger partial charge in [-0.3, -0.25) is 4.79 Å². The number of carbonyl (C=O) groups is 1. The fourth-order valence-electron chi connectivity index (χ4n) is 3.70. The van der Waals surface area contributed by atoms with Gasteiger partial charge in [0, 0.05) is 51.0 Å². The molecule has 0 bridgehead atoms. The first-order chi connectivity index (χ1) is 14.0. The van der Waals surface area contributed by atoms with Crippen LogP contribution in [0.3, 0.4) is 0 Å². The predicted molar refractivity (Wildman–Crippen MR) is 113 cm³/mol. The van der Waals surface area contributed by atoms with Crippen molar-refractivity contribution in [1.82, 2.24) is 19.8 Å². The summed E-state index contributed by atoms with van der Waals surface area (Å²) in [5, 5.41) is 0.965. The standard InChI is InChI=1S/C22H27N5O2/c1-15-14-25-22-21(15)19(6-7-24-22)29-17-5-3-4-16(12-17)18(23)13-20(28)27-10-8-26(2)9-11-27/h3-7,12,14,18H,8-11,13,23H2,1-2H3,(H,24,25). The third-order valence-electron chi connectivity index (χ3n) is 5.50. The van der Waals surface area contributed by atoms with Gasteiger partial charge in [0.05, 0.1) is 5.39 Å². The zero-order valence-electron chi connectivity index (χ0n) is 16.9. The van der Waals surface area contributed by atoms with Crippen molar-refractivity contribution in [2.75, 3.05) is 33.2 Å². The molecule has 1 unspecified atom stereocenters. The Hall–Kier alpha value is -2.90. The average molecular weight is 393 g/mol. The minimum Gasteiger partial charge on any atom is -0.457 e. The molecule has 1 fully saturated rings. The number of benzene rings is 1. The molecule has 1 aliphatic rings. The number of likely N-dealkylation sites (N-methyl/N-ethyl adjacent to an activating group) is 1. The van der Waals surface area contributed by atoms with Gasteiger partial charge in [-0.05, 0) is 43.3 Å². The van der Waals surface area contributed by atoms with Gasteiger partial charge in [-0.1, -0.05) is 12.1 Å². The van der Waals surface area contributed by atoms with Crippen molar-refractivity contribution >= 4 is 16.9 Å². The number of pyridine rings is 1. The Morgan fingerprint density at radius 1 is 1.28 bits per heavy atom. The van der Waals surface area contributed by atoms with E-state index in [1.807, 2.05) is 48.4 Å². The SMILES string of the molecule is Cc1c[nH]c2nccc(Oc3cccc(C(N)CC(=O)N4CCN(C)CC4)c3)c12. The highest BCUT2D eigenvalue weighted by Crippen LogP contribution is 2.32. The average Bonchev–Trinajstić information content (AvgIpc) is 3.10. The molecule has 3 N–H and O–H groups in total. The van der Waals surface area contributed by atoms with Crippen molar-refractivity contribution in [1.29, 1.82) is 0 Å². The molecule has 29 heavy (non-hydrogen) atoms. The number of amides is 1. The second kappa shape index (κ2) is 8.23. The van der Waals surface area contributed by atoms with E-state index >= 15 is 0 Å². The smallest absolute Gasteiger partial charge is 0.224 e. The molecule has 4 rings (SSSR count). The first-order valence-corrected chi connectivity index (χ1v) is 9.93. The normalized spacial score (nSPS) is 16.2. The van der Waals surface area contributed by atoms with Crippen molar-refractivity contribution in [2.24, 2.45) is 5.73 Å². The third-order valence-corrected chi connectivity index (χ3v) is 5.50. The van der Waals surface area contributed by atoms with E-state index in [-0.39, 0.29) is 11.9 Å². The fourth-order valence-corrected chi connectivity index (χ4v) is 3.70. The van der Waals surface area contributed by atoms with E-state index in [1.165, 1.54) is 0 Å². The number of aromatic amines is 1. The number of ether oxygens (including phenoxy) is 1. The van der Waals surface area contributed by atoms with E-state index in [0.717, 1.165) is 54.1 Å². The molecule has 1 atom stereocenters. The van der Waals surface area contributed by atoms with E-state index < -0.39 is 0 Å². The maximum Gasteiger partial charge on any atom is 0.224 e. The van der Waals surface area contributed by atoms with Crippen molar-refractivity contribution in [3.63, 3.8) is 0 Å². The van der Waals surface area contributed by atoms with Crippen LogP contribution in [-0.2, 0) is 4.79 Å². The van der Waals surface area contributed by atoms with E-state index in [0.29, 0.717) is 12.2 Å². The molecule has 3 heterocycles. The van der Waals surface area contributed by atoms with Crippen LogP contribution in [0, 0.1) is 6.92 Å². The summed E-state index contributed by atoms with van der Waals surface area (Å²) in [5.41, 5.74) is 9.13. The molecule has 1 aliphatic heterocycles. The molecule has 0 spiro atoms. The Kier molecular flexibility index (Phi) is 5.51. The third kappa shape index (κ3) is 4.26. The van der Waals surface area contributed by atoms with Gasteiger partial charge >= 0.3 is 0 Å². The number of H-pyrrole nitrogens is 1. The molecule has 152 valence electrons. The topological polar surface area (TPSA) is 87.5 Å². The second-order valence-electron chi connectivity index (χ2n) is 7.67. The lowest BCUT2D eigenvalue weighted by molar-refractivity contribution is -0.133. The van der Waals surface area contributed by atoms with Gasteiger partial charge in [0.25, 0.3) is 0 Å². The number of nitrogens with zero attached hydrogens (tertiary/aromatic N) is 3. The number of aryl methyl sites for hydroxylation is 1. The fraction of sp³-hybridized carbons (Fsp3) is 0.364. The van der Waals surface area contributed by atoms with Crippen LogP contribution in [0.2, 0.25) is 0 Å². The Labute approximate surface area is 170 Å². The monoisotopic (exact) mass is 393 g/mol. The van der Waals surface area contributed by atoms with Gasteiger partial charge in [-0.25, -0.2) is 4.98 Å². The van der Waals surface area contributed by atoms with Crippen LogP contribution in [0.5, 0.6) is 11.5 Å². The quantitative estimate of drug-likeness (QED) is 0.696. The first-order valence-electron chi connectivity index (χ1n) is 9.93. The number of nitrogens with two attached hydrogens (primary N) is 1. The Morgan fingerprint density at radius 2 is 2.07 bits per heavy atom. The van der Waals surface area contributed by atoms with Crippen LogP contribution in [0.1, 0.15) is 23.6 Å². The molecular weight excluding hydrogens is 366 g/mol. The molecule has 1 saturated heterocycles. The van der Waals surface area contributed by atoms with Crippen LogP contribution in [0.25, 0.3) is 11.0 Å². The van der Waals surface area contributed by atoms with Crippen molar-refractivity contribution in [2.45, 2.75) is 19.4 Å². The summed E-state index contributed by atoms with van der Waals surface area (Å²) in [5.74, 6) is 1.54. The molecule has 7 heteroatoms. The summed E-state index contributed by atoms with van der Waals surface area (Å²) in [6.07, 6.45) is 3.93. The lowest BCUT2D eigenvalue weighted by Gasteiger charge is -2.33. The molecule has 1 aromatic carbocycles. The van der Waals surface area contributed by atoms with Crippen LogP contribution >= 0.6 is 0 Å². The van der Waals surface area contributed by atoms with Gasteiger partial charge in [0.2, 0.25) is 5.91 Å². The van der Waals surface area contributed by atoms with Crippen LogP contribution < -0.4 is 10.5 Å². The molecule has 7 nitrogen and oxygen atoms in total. The highest BCUT2D eigenvalue weighted by atomic mass is 16.5. The van der Waals surface area contributed by atoms with E-state index in [4.69, 9.17) is 10.5 Å². The molecule has 0 saturated carbocycles. The maximum atomic E-state index is 12.6. The lowest BCUT2D eigenvalue weighted by atomic mass is 10.0. The summed E-state index contributed by atoms with van der Waals surface area (Å²) >= 11 is 0. The van der Waals surface area contributed by atoms with E-state index in [2.05, 4.69) is 21.9 Å². The molecule has 1 amide bonds. The highest BCUT2D eigenvalue weighted by molar-refractivity contribution is 5.86. The highest BCUT2D eigenvalue weighted by Gasteiger charge is 2.21. The summed E-state index contributed by atoms with van der Waals surface area (Å²) in [6, 6.07) is 9.15. The molecule has 0 radical (unpaired) electrons. The van der Waals surface area contributed by atoms with E-state index in [1.54, 1.807) is 6.20 Å². The first kappa shape index (κ1) is 19.4. The van der Waals surface area contributed by atoms with Gasteiger partial charge in [-0.15, -0.1) is 0 Å². The summed E-state index contributed by atoms with van der Waals surface area (Å²) in [4.78, 5) is 24.2. The lowest BCUT2D eigenvalue weighted by Crippen LogP contribution is -2.47. The number of fused-ring (bicyclic) bond motifs is 1. The zero-order chi connectivity index (χ0) is 20.4. The van der Waals surface area contributed by atoms with E-state index in [9.17, 15) is 4.79 Å². The molecular formula is C22H27N5O2. The van der Waals surface area contributed by atoms with Crippen LogP contribution in [0.4, 0.5) is 0 Å². The Bertz CT molecular complexity index is 1010. The Balaban J connectivity index is 1.46. The van der Waals surface area contributed by atoms with Gasteiger partial charge in [0.1, 0.15) is 17.1 Å². The largest absolute Gasteiger partial charge is 0.457 e. The van der Waals surface area contributed by atoms with Crippen LogP contribution in [0.15, 0.2) is 42.7 Å². The van der Waals surface area contributed by atoms with Crippen molar-refractivity contribution in [3.05, 3.63) is 53.9 Å². The number of rotatable bonds is 5. The number of nitrogens with one attached hydrogen (secondary N) is 1.